The van der Waals surface area contributed by atoms with Crippen molar-refractivity contribution in [2.45, 2.75) is 73.1 Å². The van der Waals surface area contributed by atoms with Gasteiger partial charge in [0.1, 0.15) is 11.3 Å². The molecule has 1 aromatic heterocycles. The van der Waals surface area contributed by atoms with E-state index in [1.165, 1.54) is 4.90 Å². The summed E-state index contributed by atoms with van der Waals surface area (Å²) in [6, 6.07) is 0. The average Bonchev–Trinajstić information content (AvgIpc) is 2.79. The van der Waals surface area contributed by atoms with Crippen molar-refractivity contribution in [3.63, 3.8) is 0 Å². The van der Waals surface area contributed by atoms with Crippen molar-refractivity contribution in [3.05, 3.63) is 16.1 Å². The van der Waals surface area contributed by atoms with Crippen LogP contribution < -0.4 is 0 Å². The first-order valence-electron chi connectivity index (χ1n) is 10.6. The second-order valence-corrected chi connectivity index (χ2v) is 11.1. The lowest BCUT2D eigenvalue weighted by atomic mass is 9.76. The predicted octanol–water partition coefficient (Wildman–Crippen LogP) is 4.11. The Morgan fingerprint density at radius 1 is 1.13 bits per heavy atom. The topological polar surface area (TPSA) is 84.7 Å². The Morgan fingerprint density at radius 3 is 2.26 bits per heavy atom. The molecule has 0 aliphatic carbocycles. The van der Waals surface area contributed by atoms with Gasteiger partial charge in [0.2, 0.25) is 5.91 Å². The standard InChI is InChI=1S/C22H35BrN4O4/c1-21(2,3)14(18(29)25(7)8)12-16(28)17-15-13-26(20(30)31-22(4,5)6)10-9-11-27(15)19(23)24-17/h14H,9-13H2,1-8H3/t14-/m1/s1. The Labute approximate surface area is 193 Å². The molecule has 2 amide bonds. The molecule has 8 nitrogen and oxygen atoms in total. The van der Waals surface area contributed by atoms with Gasteiger partial charge in [-0.3, -0.25) is 9.59 Å². The molecule has 0 N–H and O–H groups in total. The molecule has 1 aliphatic rings. The van der Waals surface area contributed by atoms with Gasteiger partial charge in [0.25, 0.3) is 0 Å². The van der Waals surface area contributed by atoms with Crippen molar-refractivity contribution in [1.29, 1.82) is 0 Å². The van der Waals surface area contributed by atoms with E-state index in [-0.39, 0.29) is 30.1 Å². The minimum Gasteiger partial charge on any atom is -0.444 e. The summed E-state index contributed by atoms with van der Waals surface area (Å²) in [6.45, 7) is 12.7. The maximum Gasteiger partial charge on any atom is 0.410 e. The molecular formula is C22H35BrN4O4. The number of aromatic nitrogens is 2. The molecule has 31 heavy (non-hydrogen) atoms. The van der Waals surface area contributed by atoms with Gasteiger partial charge in [0.15, 0.2) is 10.5 Å². The highest BCUT2D eigenvalue weighted by Gasteiger charge is 2.37. The zero-order valence-corrected chi connectivity index (χ0v) is 21.5. The SMILES string of the molecule is CN(C)C(=O)[C@@H](CC(=O)c1nc(Br)n2c1CN(C(=O)OC(C)(C)C)CCC2)C(C)(C)C. The van der Waals surface area contributed by atoms with Gasteiger partial charge in [0.05, 0.1) is 18.2 Å². The molecule has 0 spiro atoms. The second-order valence-electron chi connectivity index (χ2n) is 10.4. The van der Waals surface area contributed by atoms with E-state index in [0.717, 1.165) is 6.42 Å². The van der Waals surface area contributed by atoms with Crippen molar-refractivity contribution in [2.75, 3.05) is 20.6 Å². The summed E-state index contributed by atoms with van der Waals surface area (Å²) in [5.74, 6) is -0.755. The van der Waals surface area contributed by atoms with Gasteiger partial charge >= 0.3 is 6.09 Å². The molecule has 1 atom stereocenters. The number of imidazole rings is 1. The van der Waals surface area contributed by atoms with Crippen molar-refractivity contribution < 1.29 is 19.1 Å². The summed E-state index contributed by atoms with van der Waals surface area (Å²) in [7, 11) is 3.40. The first kappa shape index (κ1) is 25.4. The molecule has 0 radical (unpaired) electrons. The second kappa shape index (κ2) is 9.30. The Bertz CT molecular complexity index is 849. The van der Waals surface area contributed by atoms with Crippen molar-refractivity contribution in [3.8, 4) is 0 Å². The smallest absolute Gasteiger partial charge is 0.410 e. The molecular weight excluding hydrogens is 464 g/mol. The lowest BCUT2D eigenvalue weighted by Crippen LogP contribution is -2.39. The van der Waals surface area contributed by atoms with E-state index >= 15 is 0 Å². The zero-order chi connectivity index (χ0) is 23.7. The van der Waals surface area contributed by atoms with Crippen LogP contribution in [0.15, 0.2) is 4.73 Å². The molecule has 174 valence electrons. The number of amides is 2. The van der Waals surface area contributed by atoms with Gasteiger partial charge in [-0.25, -0.2) is 9.78 Å². The third-order valence-electron chi connectivity index (χ3n) is 5.27. The number of halogens is 1. The summed E-state index contributed by atoms with van der Waals surface area (Å²) >= 11 is 3.46. The maximum atomic E-state index is 13.3. The Morgan fingerprint density at radius 2 is 1.74 bits per heavy atom. The van der Waals surface area contributed by atoms with Crippen molar-refractivity contribution in [2.24, 2.45) is 11.3 Å². The number of carbonyl (C=O) groups is 3. The van der Waals surface area contributed by atoms with E-state index in [0.29, 0.717) is 29.2 Å². The van der Waals surface area contributed by atoms with Gasteiger partial charge < -0.3 is 19.1 Å². The highest BCUT2D eigenvalue weighted by atomic mass is 79.9. The summed E-state index contributed by atoms with van der Waals surface area (Å²) in [5, 5.41) is 0. The van der Waals surface area contributed by atoms with Gasteiger partial charge in [-0.2, -0.15) is 0 Å². The van der Waals surface area contributed by atoms with Gasteiger partial charge in [0, 0.05) is 33.6 Å². The van der Waals surface area contributed by atoms with E-state index in [2.05, 4.69) is 20.9 Å². The molecule has 0 aromatic carbocycles. The quantitative estimate of drug-likeness (QED) is 0.583. The number of ketones is 1. The minimum absolute atomic E-state index is 0.0589. The first-order chi connectivity index (χ1) is 14.1. The lowest BCUT2D eigenvalue weighted by Gasteiger charge is -2.31. The van der Waals surface area contributed by atoms with Crippen molar-refractivity contribution in [1.82, 2.24) is 19.4 Å². The Kier molecular flexibility index (Phi) is 7.61. The number of fused-ring (bicyclic) bond motifs is 1. The first-order valence-corrected chi connectivity index (χ1v) is 11.4. The molecule has 1 aliphatic heterocycles. The molecule has 0 saturated carbocycles. The van der Waals surface area contributed by atoms with Crippen LogP contribution in [0, 0.1) is 11.3 Å². The number of carbonyl (C=O) groups excluding carboxylic acids is 3. The summed E-state index contributed by atoms with van der Waals surface area (Å²) < 4.78 is 8.02. The zero-order valence-electron chi connectivity index (χ0n) is 19.9. The summed E-state index contributed by atoms with van der Waals surface area (Å²) in [6.07, 6.45) is 0.370. The van der Waals surface area contributed by atoms with Gasteiger partial charge in [-0.1, -0.05) is 20.8 Å². The largest absolute Gasteiger partial charge is 0.444 e. The van der Waals surface area contributed by atoms with Crippen molar-refractivity contribution >= 4 is 33.7 Å². The van der Waals surface area contributed by atoms with Gasteiger partial charge in [-0.15, -0.1) is 0 Å². The van der Waals surface area contributed by atoms with Crippen LogP contribution in [-0.4, -0.2) is 63.4 Å². The van der Waals surface area contributed by atoms with Crippen LogP contribution in [0.1, 0.15) is 70.6 Å². The van der Waals surface area contributed by atoms with E-state index in [9.17, 15) is 14.4 Å². The number of Topliss-reactive ketones (excluding diaryl/α,β-unsaturated/α-hetero) is 1. The van der Waals surface area contributed by atoms with Crippen LogP contribution in [0.5, 0.6) is 0 Å². The molecule has 2 rings (SSSR count). The lowest BCUT2D eigenvalue weighted by molar-refractivity contribution is -0.136. The fourth-order valence-corrected chi connectivity index (χ4v) is 4.16. The fourth-order valence-electron chi connectivity index (χ4n) is 3.59. The maximum absolute atomic E-state index is 13.3. The number of nitrogens with zero attached hydrogens (tertiary/aromatic N) is 4. The van der Waals surface area contributed by atoms with Crippen LogP contribution in [0.25, 0.3) is 0 Å². The normalized spacial score (nSPS) is 15.7. The predicted molar refractivity (Wildman–Crippen MR) is 122 cm³/mol. The fraction of sp³-hybridized carbons (Fsp3) is 0.727. The van der Waals surface area contributed by atoms with E-state index in [4.69, 9.17) is 4.74 Å². The highest BCUT2D eigenvalue weighted by molar-refractivity contribution is 9.10. The van der Waals surface area contributed by atoms with E-state index in [1.807, 2.05) is 46.1 Å². The third kappa shape index (κ3) is 6.30. The monoisotopic (exact) mass is 498 g/mol. The molecule has 9 heteroatoms. The minimum atomic E-state index is -0.602. The molecule has 0 bridgehead atoms. The molecule has 2 heterocycles. The van der Waals surface area contributed by atoms with Crippen LogP contribution in [0.3, 0.4) is 0 Å². The number of ether oxygens (including phenoxy) is 1. The summed E-state index contributed by atoms with van der Waals surface area (Å²) in [4.78, 5) is 46.3. The third-order valence-corrected chi connectivity index (χ3v) is 5.87. The average molecular weight is 499 g/mol. The molecule has 0 saturated heterocycles. The van der Waals surface area contributed by atoms with E-state index < -0.39 is 17.6 Å². The van der Waals surface area contributed by atoms with Crippen LogP contribution >= 0.6 is 15.9 Å². The van der Waals surface area contributed by atoms with Crippen LogP contribution in [-0.2, 0) is 22.6 Å². The number of hydrogen-bond donors (Lipinski definition) is 0. The number of hydrogen-bond acceptors (Lipinski definition) is 5. The molecule has 0 fully saturated rings. The highest BCUT2D eigenvalue weighted by Crippen LogP contribution is 2.32. The van der Waals surface area contributed by atoms with E-state index in [1.54, 1.807) is 19.0 Å². The van der Waals surface area contributed by atoms with Crippen LogP contribution in [0.2, 0.25) is 0 Å². The Hall–Kier alpha value is -1.90. The Balaban J connectivity index is 2.34. The summed E-state index contributed by atoms with van der Waals surface area (Å²) in [5.41, 5.74) is -0.00338. The van der Waals surface area contributed by atoms with Gasteiger partial charge in [-0.05, 0) is 48.5 Å². The molecule has 1 aromatic rings. The number of rotatable bonds is 4. The van der Waals surface area contributed by atoms with Crippen LogP contribution in [0.4, 0.5) is 4.79 Å². The molecule has 0 unspecified atom stereocenters.